The minimum atomic E-state index is -0.566. The van der Waals surface area contributed by atoms with Crippen molar-refractivity contribution in [2.24, 2.45) is 0 Å². The van der Waals surface area contributed by atoms with Gasteiger partial charge in [-0.2, -0.15) is 0 Å². The Balaban J connectivity index is 1.92. The number of carbonyl (C=O) groups excluding carboxylic acids is 2. The number of amides is 2. The molecule has 0 aliphatic carbocycles. The van der Waals surface area contributed by atoms with E-state index in [0.717, 1.165) is 4.90 Å². The maximum absolute atomic E-state index is 12.8. The lowest BCUT2D eigenvalue weighted by molar-refractivity contribution is -0.384. The van der Waals surface area contributed by atoms with E-state index in [1.165, 1.54) is 18.4 Å². The van der Waals surface area contributed by atoms with E-state index in [0.29, 0.717) is 22.1 Å². The van der Waals surface area contributed by atoms with E-state index in [1.54, 1.807) is 30.3 Å². The Bertz CT molecular complexity index is 1010. The number of imide groups is 1. The van der Waals surface area contributed by atoms with Crippen LogP contribution in [0.1, 0.15) is 26.5 Å². The SMILES string of the molecule is O=C1c2cccc3cc([N+](=O)[O-])cc(c23)C(=O)N1Cc1ccco1. The molecule has 1 aliphatic heterocycles. The molecule has 7 heteroatoms. The van der Waals surface area contributed by atoms with Gasteiger partial charge in [0.15, 0.2) is 0 Å². The smallest absolute Gasteiger partial charge is 0.270 e. The predicted octanol–water partition coefficient (Wildman–Crippen LogP) is 3.14. The lowest BCUT2D eigenvalue weighted by atomic mass is 9.93. The summed E-state index contributed by atoms with van der Waals surface area (Å²) in [5.41, 5.74) is 0.319. The van der Waals surface area contributed by atoms with Crippen LogP contribution in [0.3, 0.4) is 0 Å². The van der Waals surface area contributed by atoms with Crippen LogP contribution in [0, 0.1) is 10.1 Å². The highest BCUT2D eigenvalue weighted by molar-refractivity contribution is 6.25. The normalized spacial score (nSPS) is 13.6. The quantitative estimate of drug-likeness (QED) is 0.419. The van der Waals surface area contributed by atoms with Gasteiger partial charge in [-0.25, -0.2) is 0 Å². The second-order valence-corrected chi connectivity index (χ2v) is 5.43. The van der Waals surface area contributed by atoms with Gasteiger partial charge in [-0.1, -0.05) is 12.1 Å². The van der Waals surface area contributed by atoms with Crippen molar-refractivity contribution in [2.75, 3.05) is 0 Å². The molecule has 0 saturated carbocycles. The van der Waals surface area contributed by atoms with Gasteiger partial charge in [0.25, 0.3) is 17.5 Å². The Kier molecular flexibility index (Phi) is 2.96. The van der Waals surface area contributed by atoms with Gasteiger partial charge in [0.2, 0.25) is 0 Å². The second kappa shape index (κ2) is 5.02. The Labute approximate surface area is 135 Å². The molecule has 0 radical (unpaired) electrons. The van der Waals surface area contributed by atoms with Crippen molar-refractivity contribution in [1.82, 2.24) is 4.90 Å². The first-order chi connectivity index (χ1) is 11.6. The summed E-state index contributed by atoms with van der Waals surface area (Å²) in [4.78, 5) is 37.1. The van der Waals surface area contributed by atoms with Crippen molar-refractivity contribution in [3.8, 4) is 0 Å². The lowest BCUT2D eigenvalue weighted by Gasteiger charge is -2.26. The molecule has 24 heavy (non-hydrogen) atoms. The average Bonchev–Trinajstić information content (AvgIpc) is 3.09. The molecule has 2 heterocycles. The monoisotopic (exact) mass is 322 g/mol. The molecular weight excluding hydrogens is 312 g/mol. The van der Waals surface area contributed by atoms with E-state index in [9.17, 15) is 19.7 Å². The molecule has 7 nitrogen and oxygen atoms in total. The Morgan fingerprint density at radius 1 is 1.04 bits per heavy atom. The van der Waals surface area contributed by atoms with Crippen LogP contribution in [0.2, 0.25) is 0 Å². The van der Waals surface area contributed by atoms with Gasteiger partial charge in [0.05, 0.1) is 23.3 Å². The van der Waals surface area contributed by atoms with Crippen molar-refractivity contribution in [1.29, 1.82) is 0 Å². The van der Waals surface area contributed by atoms with E-state index in [2.05, 4.69) is 0 Å². The van der Waals surface area contributed by atoms with Crippen LogP contribution in [0.25, 0.3) is 10.8 Å². The number of non-ortho nitro benzene ring substituents is 1. The zero-order valence-corrected chi connectivity index (χ0v) is 12.3. The Morgan fingerprint density at radius 3 is 2.54 bits per heavy atom. The van der Waals surface area contributed by atoms with Gasteiger partial charge in [-0.15, -0.1) is 0 Å². The van der Waals surface area contributed by atoms with Crippen molar-refractivity contribution >= 4 is 28.3 Å². The van der Waals surface area contributed by atoms with Gasteiger partial charge in [0.1, 0.15) is 5.76 Å². The van der Waals surface area contributed by atoms with E-state index >= 15 is 0 Å². The number of carbonyl (C=O) groups is 2. The van der Waals surface area contributed by atoms with Gasteiger partial charge < -0.3 is 4.42 Å². The lowest BCUT2D eigenvalue weighted by Crippen LogP contribution is -2.39. The molecule has 3 aromatic rings. The Morgan fingerprint density at radius 2 is 1.83 bits per heavy atom. The summed E-state index contributed by atoms with van der Waals surface area (Å²) in [5, 5.41) is 12.1. The number of hydrogen-bond donors (Lipinski definition) is 0. The number of hydrogen-bond acceptors (Lipinski definition) is 5. The second-order valence-electron chi connectivity index (χ2n) is 5.43. The predicted molar refractivity (Wildman–Crippen MR) is 83.5 cm³/mol. The van der Waals surface area contributed by atoms with Gasteiger partial charge >= 0.3 is 0 Å². The number of nitro groups is 1. The summed E-state index contributed by atoms with van der Waals surface area (Å²) in [6.45, 7) is -0.0246. The van der Waals surface area contributed by atoms with Crippen LogP contribution >= 0.6 is 0 Å². The third kappa shape index (κ3) is 1.98. The number of nitro benzene ring substituents is 1. The van der Waals surface area contributed by atoms with Gasteiger partial charge in [-0.3, -0.25) is 24.6 Å². The largest absolute Gasteiger partial charge is 0.467 e. The fourth-order valence-electron chi connectivity index (χ4n) is 2.95. The highest BCUT2D eigenvalue weighted by Gasteiger charge is 2.34. The molecule has 0 N–H and O–H groups in total. The molecule has 0 unspecified atom stereocenters. The van der Waals surface area contributed by atoms with Gasteiger partial charge in [0, 0.05) is 23.1 Å². The van der Waals surface area contributed by atoms with E-state index in [4.69, 9.17) is 4.42 Å². The first kappa shape index (κ1) is 14.1. The van der Waals surface area contributed by atoms with Crippen LogP contribution in [0.5, 0.6) is 0 Å². The van der Waals surface area contributed by atoms with Crippen LogP contribution in [0.4, 0.5) is 5.69 Å². The van der Waals surface area contributed by atoms with Crippen LogP contribution in [0.15, 0.2) is 53.1 Å². The molecule has 118 valence electrons. The third-order valence-corrected chi connectivity index (χ3v) is 4.02. The van der Waals surface area contributed by atoms with Crippen LogP contribution in [-0.4, -0.2) is 21.6 Å². The highest BCUT2D eigenvalue weighted by atomic mass is 16.6. The number of furan rings is 1. The maximum Gasteiger partial charge on any atom is 0.270 e. The van der Waals surface area contributed by atoms with Crippen molar-refractivity contribution < 1.29 is 18.9 Å². The fourth-order valence-corrected chi connectivity index (χ4v) is 2.95. The van der Waals surface area contributed by atoms with E-state index in [-0.39, 0.29) is 17.8 Å². The summed E-state index contributed by atoms with van der Waals surface area (Å²) in [5.74, 6) is -0.551. The number of nitrogens with zero attached hydrogens (tertiary/aromatic N) is 2. The molecule has 1 aliphatic rings. The zero-order chi connectivity index (χ0) is 16.8. The van der Waals surface area contributed by atoms with Crippen molar-refractivity contribution in [3.05, 3.63) is 75.7 Å². The summed E-state index contributed by atoms with van der Waals surface area (Å²) >= 11 is 0. The van der Waals surface area contributed by atoms with Gasteiger partial charge in [-0.05, 0) is 23.6 Å². The van der Waals surface area contributed by atoms with Crippen molar-refractivity contribution in [2.45, 2.75) is 6.54 Å². The first-order valence-electron chi connectivity index (χ1n) is 7.16. The standard InChI is InChI=1S/C17H10N2O5/c20-16-13-5-1-3-10-7-11(19(22)23)8-14(15(10)13)17(21)18(16)9-12-4-2-6-24-12/h1-8H,9H2. The molecule has 0 fully saturated rings. The topological polar surface area (TPSA) is 93.7 Å². The summed E-state index contributed by atoms with van der Waals surface area (Å²) < 4.78 is 5.20. The minimum Gasteiger partial charge on any atom is -0.467 e. The van der Waals surface area contributed by atoms with Crippen molar-refractivity contribution in [3.63, 3.8) is 0 Å². The minimum absolute atomic E-state index is 0.0246. The summed E-state index contributed by atoms with van der Waals surface area (Å²) in [6.07, 6.45) is 1.45. The molecule has 0 spiro atoms. The number of benzene rings is 2. The molecule has 0 atom stereocenters. The molecule has 0 saturated heterocycles. The summed E-state index contributed by atoms with van der Waals surface area (Å²) in [7, 11) is 0. The maximum atomic E-state index is 12.8. The van der Waals surface area contributed by atoms with Crippen LogP contribution in [-0.2, 0) is 6.54 Å². The van der Waals surface area contributed by atoms with E-state index < -0.39 is 16.7 Å². The molecule has 2 amide bonds. The average molecular weight is 322 g/mol. The molecular formula is C17H10N2O5. The van der Waals surface area contributed by atoms with E-state index in [1.807, 2.05) is 0 Å². The molecule has 1 aromatic heterocycles. The number of rotatable bonds is 3. The highest BCUT2D eigenvalue weighted by Crippen LogP contribution is 2.34. The summed E-state index contributed by atoms with van der Waals surface area (Å²) in [6, 6.07) is 10.8. The zero-order valence-electron chi connectivity index (χ0n) is 12.3. The van der Waals surface area contributed by atoms with Crippen LogP contribution < -0.4 is 0 Å². The molecule has 4 rings (SSSR count). The molecule has 2 aromatic carbocycles. The fraction of sp³-hybridized carbons (Fsp3) is 0.0588. The Hall–Kier alpha value is -3.48. The third-order valence-electron chi connectivity index (χ3n) is 4.02. The first-order valence-corrected chi connectivity index (χ1v) is 7.16. The molecule has 0 bridgehead atoms.